The molecule has 2 heterocycles. The van der Waals surface area contributed by atoms with Gasteiger partial charge in [-0.1, -0.05) is 0 Å². The molecule has 5 nitrogen and oxygen atoms in total. The fourth-order valence-electron chi connectivity index (χ4n) is 2.75. The molecule has 1 aromatic rings. The molecule has 24 heavy (non-hydrogen) atoms. The van der Waals surface area contributed by atoms with Crippen LogP contribution < -0.4 is 5.56 Å². The van der Waals surface area contributed by atoms with Gasteiger partial charge < -0.3 is 9.88 Å². The first-order valence-corrected chi connectivity index (χ1v) is 7.50. The molecule has 1 aromatic heterocycles. The highest BCUT2D eigenvalue weighted by atomic mass is 19.3. The Morgan fingerprint density at radius 3 is 2.33 bits per heavy atom. The van der Waals surface area contributed by atoms with E-state index in [9.17, 15) is 27.2 Å². The number of pyridine rings is 1. The summed E-state index contributed by atoms with van der Waals surface area (Å²) in [7, 11) is 0. The number of amides is 1. The molecule has 9 heteroatoms. The highest BCUT2D eigenvalue weighted by Gasteiger charge is 2.42. The van der Waals surface area contributed by atoms with Crippen molar-refractivity contribution in [2.45, 2.75) is 26.2 Å². The van der Waals surface area contributed by atoms with Gasteiger partial charge in [-0.2, -0.15) is 8.78 Å². The molecule has 1 amide bonds. The summed E-state index contributed by atoms with van der Waals surface area (Å²) in [6.45, 7) is 2.61. The first kappa shape index (κ1) is 18.4. The molecular formula is C15H19F4N3O2. The van der Waals surface area contributed by atoms with Gasteiger partial charge in [0.1, 0.15) is 5.56 Å². The van der Waals surface area contributed by atoms with Gasteiger partial charge in [0.25, 0.3) is 11.5 Å². The molecule has 1 aliphatic heterocycles. The highest BCUT2D eigenvalue weighted by Crippen LogP contribution is 2.24. The minimum Gasteiger partial charge on any atom is -0.336 e. The number of alkyl halides is 4. The van der Waals surface area contributed by atoms with E-state index in [0.29, 0.717) is 11.3 Å². The molecule has 0 bridgehead atoms. The molecule has 0 radical (unpaired) electrons. The minimum atomic E-state index is -4.07. The molecule has 1 fully saturated rings. The second kappa shape index (κ2) is 6.92. The Morgan fingerprint density at radius 1 is 1.25 bits per heavy atom. The van der Waals surface area contributed by atoms with Gasteiger partial charge in [-0.3, -0.25) is 14.5 Å². The van der Waals surface area contributed by atoms with Gasteiger partial charge in [0.05, 0.1) is 6.54 Å². The van der Waals surface area contributed by atoms with Crippen molar-refractivity contribution in [1.82, 2.24) is 14.8 Å². The van der Waals surface area contributed by atoms with Crippen LogP contribution in [0.15, 0.2) is 10.9 Å². The van der Waals surface area contributed by atoms with Gasteiger partial charge in [-0.05, 0) is 25.5 Å². The summed E-state index contributed by atoms with van der Waals surface area (Å²) in [6.07, 6.45) is -3.72. The van der Waals surface area contributed by atoms with Crippen LogP contribution in [-0.2, 0) is 0 Å². The van der Waals surface area contributed by atoms with Gasteiger partial charge in [0.15, 0.2) is 0 Å². The number of aryl methyl sites for hydroxylation is 2. The van der Waals surface area contributed by atoms with Crippen molar-refractivity contribution < 1.29 is 22.4 Å². The number of H-pyrrole nitrogens is 1. The highest BCUT2D eigenvalue weighted by molar-refractivity contribution is 5.95. The van der Waals surface area contributed by atoms with Crippen LogP contribution in [0.25, 0.3) is 0 Å². The zero-order valence-electron chi connectivity index (χ0n) is 13.4. The summed E-state index contributed by atoms with van der Waals surface area (Å²) in [5.74, 6) is -4.55. The second-order valence-electron chi connectivity index (χ2n) is 5.97. The molecule has 0 saturated carbocycles. The number of halogens is 4. The van der Waals surface area contributed by atoms with Gasteiger partial charge in [-0.15, -0.1) is 0 Å². The molecule has 0 atom stereocenters. The fourth-order valence-corrected chi connectivity index (χ4v) is 2.75. The molecule has 1 saturated heterocycles. The van der Waals surface area contributed by atoms with Crippen LogP contribution in [0.2, 0.25) is 0 Å². The van der Waals surface area contributed by atoms with Crippen molar-refractivity contribution in [3.05, 3.63) is 33.2 Å². The molecule has 0 unspecified atom stereocenters. The number of carbonyl (C=O) groups excluding carboxylic acids is 1. The number of aromatic amines is 1. The summed E-state index contributed by atoms with van der Waals surface area (Å²) in [5, 5.41) is 0. The van der Waals surface area contributed by atoms with E-state index in [0.717, 1.165) is 0 Å². The smallest absolute Gasteiger partial charge is 0.319 e. The van der Waals surface area contributed by atoms with E-state index < -0.39 is 30.4 Å². The Balaban J connectivity index is 2.03. The Bertz CT molecular complexity index is 667. The van der Waals surface area contributed by atoms with Crippen LogP contribution in [0.3, 0.4) is 0 Å². The minimum absolute atomic E-state index is 0.0203. The number of carbonyl (C=O) groups is 1. The lowest BCUT2D eigenvalue weighted by Gasteiger charge is -2.36. The zero-order chi connectivity index (χ0) is 18.1. The van der Waals surface area contributed by atoms with E-state index >= 15 is 0 Å². The number of nitrogens with one attached hydrogen (secondary N) is 1. The van der Waals surface area contributed by atoms with E-state index in [1.54, 1.807) is 19.9 Å². The number of hydrogen-bond acceptors (Lipinski definition) is 3. The third-order valence-electron chi connectivity index (χ3n) is 3.99. The maximum absolute atomic E-state index is 13.1. The topological polar surface area (TPSA) is 56.4 Å². The number of piperazine rings is 1. The number of nitrogens with zero attached hydrogens (tertiary/aromatic N) is 2. The van der Waals surface area contributed by atoms with Crippen molar-refractivity contribution >= 4 is 5.91 Å². The molecule has 2 rings (SSSR count). The molecule has 1 aliphatic rings. The lowest BCUT2D eigenvalue weighted by molar-refractivity contribution is -0.144. The summed E-state index contributed by atoms with van der Waals surface area (Å²) in [5.41, 5.74) is 0.692. The molecule has 0 spiro atoms. The summed E-state index contributed by atoms with van der Waals surface area (Å²) >= 11 is 0. The van der Waals surface area contributed by atoms with Crippen molar-refractivity contribution in [2.75, 3.05) is 32.7 Å². The Kier molecular flexibility index (Phi) is 5.32. The molecule has 1 N–H and O–H groups in total. The van der Waals surface area contributed by atoms with Crippen LogP contribution in [0.5, 0.6) is 0 Å². The van der Waals surface area contributed by atoms with E-state index in [-0.39, 0.29) is 31.7 Å². The lowest BCUT2D eigenvalue weighted by Crippen LogP contribution is -2.53. The standard InChI is InChI=1S/C15H19F4N3O2/c1-9-7-10(2)20-12(23)11(9)13(24)22-5-3-21(4-6-22)8-15(18,19)14(16)17/h7,14H,3-6,8H2,1-2H3,(H,20,23). The van der Waals surface area contributed by atoms with Crippen molar-refractivity contribution in [3.63, 3.8) is 0 Å². The van der Waals surface area contributed by atoms with Crippen LogP contribution in [0, 0.1) is 13.8 Å². The summed E-state index contributed by atoms with van der Waals surface area (Å²) in [6, 6.07) is 1.67. The van der Waals surface area contributed by atoms with Crippen LogP contribution in [0.4, 0.5) is 17.6 Å². The maximum Gasteiger partial charge on any atom is 0.319 e. The normalized spacial score (nSPS) is 16.7. The SMILES string of the molecule is Cc1cc(C)c(C(=O)N2CCN(CC(F)(F)C(F)F)CC2)c(=O)[nH]1. The predicted octanol–water partition coefficient (Wildman–Crippen LogP) is 1.65. The number of aromatic nitrogens is 1. The van der Waals surface area contributed by atoms with Gasteiger partial charge in [0.2, 0.25) is 0 Å². The van der Waals surface area contributed by atoms with E-state index in [1.165, 1.54) is 9.80 Å². The molecule has 134 valence electrons. The third-order valence-corrected chi connectivity index (χ3v) is 3.99. The summed E-state index contributed by atoms with van der Waals surface area (Å²) < 4.78 is 50.6. The first-order chi connectivity index (χ1) is 11.1. The number of rotatable bonds is 4. The summed E-state index contributed by atoms with van der Waals surface area (Å²) in [4.78, 5) is 29.6. The maximum atomic E-state index is 13.1. The van der Waals surface area contributed by atoms with Crippen molar-refractivity contribution in [1.29, 1.82) is 0 Å². The van der Waals surface area contributed by atoms with Gasteiger partial charge >= 0.3 is 12.3 Å². The predicted molar refractivity (Wildman–Crippen MR) is 79.8 cm³/mol. The lowest BCUT2D eigenvalue weighted by atomic mass is 10.1. The van der Waals surface area contributed by atoms with E-state index in [4.69, 9.17) is 0 Å². The van der Waals surface area contributed by atoms with Gasteiger partial charge in [0, 0.05) is 31.9 Å². The average Bonchev–Trinajstić information content (AvgIpc) is 2.46. The van der Waals surface area contributed by atoms with Crippen LogP contribution >= 0.6 is 0 Å². The monoisotopic (exact) mass is 349 g/mol. The van der Waals surface area contributed by atoms with Crippen LogP contribution in [0.1, 0.15) is 21.6 Å². The van der Waals surface area contributed by atoms with E-state index in [1.807, 2.05) is 0 Å². The molecule has 0 aliphatic carbocycles. The largest absolute Gasteiger partial charge is 0.336 e. The van der Waals surface area contributed by atoms with Crippen LogP contribution in [-0.4, -0.2) is 65.8 Å². The Labute approximate surface area is 136 Å². The van der Waals surface area contributed by atoms with Crippen molar-refractivity contribution in [2.24, 2.45) is 0 Å². The fraction of sp³-hybridized carbons (Fsp3) is 0.600. The molecule has 0 aromatic carbocycles. The van der Waals surface area contributed by atoms with Crippen molar-refractivity contribution in [3.8, 4) is 0 Å². The Morgan fingerprint density at radius 2 is 1.83 bits per heavy atom. The third kappa shape index (κ3) is 3.95. The van der Waals surface area contributed by atoms with Gasteiger partial charge in [-0.25, -0.2) is 8.78 Å². The first-order valence-electron chi connectivity index (χ1n) is 7.50. The molecular weight excluding hydrogens is 330 g/mol. The quantitative estimate of drug-likeness (QED) is 0.841. The van der Waals surface area contributed by atoms with E-state index in [2.05, 4.69) is 4.98 Å². The average molecular weight is 349 g/mol. The Hall–Kier alpha value is -1.90. The second-order valence-corrected chi connectivity index (χ2v) is 5.97. The zero-order valence-corrected chi connectivity index (χ0v) is 13.4. The number of hydrogen-bond donors (Lipinski definition) is 1.